The third-order valence-electron chi connectivity index (χ3n) is 6.07. The van der Waals surface area contributed by atoms with Crippen LogP contribution in [0.1, 0.15) is 29.7 Å². The van der Waals surface area contributed by atoms with E-state index in [0.717, 1.165) is 16.0 Å². The summed E-state index contributed by atoms with van der Waals surface area (Å²) < 4.78 is 7.50. The van der Waals surface area contributed by atoms with Crippen molar-refractivity contribution in [2.75, 3.05) is 12.9 Å². The van der Waals surface area contributed by atoms with Crippen LogP contribution in [0.5, 0.6) is 0 Å². The Morgan fingerprint density at radius 2 is 1.82 bits per heavy atom. The van der Waals surface area contributed by atoms with E-state index in [1.165, 1.54) is 11.3 Å². The monoisotopic (exact) mass is 580 g/mol. The first-order valence-electron chi connectivity index (χ1n) is 11.8. The van der Waals surface area contributed by atoms with Gasteiger partial charge in [0.25, 0.3) is 5.56 Å². The van der Waals surface area contributed by atoms with Gasteiger partial charge in [-0.2, -0.15) is 0 Å². The molecule has 1 atom stereocenters. The first-order valence-corrected chi connectivity index (χ1v) is 14.6. The molecule has 2 heterocycles. The van der Waals surface area contributed by atoms with Crippen LogP contribution in [0.15, 0.2) is 93.1 Å². The minimum atomic E-state index is -0.728. The van der Waals surface area contributed by atoms with Crippen LogP contribution in [0.4, 0.5) is 0 Å². The standard InChI is InChI=1S/C29H22Cl2N2O3S2/c1-3-36-28(35)23-25(17-8-5-4-6-9-17)32-29-33(26(23)18-12-14-20(37-2)15-13-18)27(34)22(38-29)16-19-10-7-11-21(30)24(19)31/h4-16,26H,3H2,1-2H3/b22-16-/t26-/m0/s1. The Morgan fingerprint density at radius 3 is 2.50 bits per heavy atom. The summed E-state index contributed by atoms with van der Waals surface area (Å²) in [6.45, 7) is 1.95. The molecule has 38 heavy (non-hydrogen) atoms. The molecule has 1 aliphatic heterocycles. The fraction of sp³-hybridized carbons (Fsp3) is 0.138. The molecule has 0 aliphatic carbocycles. The molecule has 0 bridgehead atoms. The van der Waals surface area contributed by atoms with E-state index in [0.29, 0.717) is 36.2 Å². The first-order chi connectivity index (χ1) is 18.4. The van der Waals surface area contributed by atoms with Gasteiger partial charge in [-0.15, -0.1) is 11.8 Å². The Bertz CT molecular complexity index is 1730. The quantitative estimate of drug-likeness (QED) is 0.208. The van der Waals surface area contributed by atoms with Gasteiger partial charge in [-0.25, -0.2) is 9.79 Å². The molecule has 4 aromatic rings. The van der Waals surface area contributed by atoms with Gasteiger partial charge in [-0.3, -0.25) is 9.36 Å². The van der Waals surface area contributed by atoms with E-state index in [4.69, 9.17) is 32.9 Å². The number of hydrogen-bond donors (Lipinski definition) is 0. The van der Waals surface area contributed by atoms with Crippen LogP contribution in [-0.4, -0.2) is 23.4 Å². The van der Waals surface area contributed by atoms with Crippen molar-refractivity contribution in [1.82, 2.24) is 4.57 Å². The average molecular weight is 582 g/mol. The molecule has 1 aromatic heterocycles. The van der Waals surface area contributed by atoms with Gasteiger partial charge in [0.05, 0.1) is 38.5 Å². The maximum absolute atomic E-state index is 13.9. The highest BCUT2D eigenvalue weighted by Gasteiger charge is 2.35. The number of aromatic nitrogens is 1. The molecule has 1 aliphatic rings. The number of halogens is 2. The van der Waals surface area contributed by atoms with Crippen molar-refractivity contribution in [3.63, 3.8) is 0 Å². The molecule has 0 unspecified atom stereocenters. The summed E-state index contributed by atoms with van der Waals surface area (Å²) in [6.07, 6.45) is 3.71. The topological polar surface area (TPSA) is 60.7 Å². The highest BCUT2D eigenvalue weighted by Crippen LogP contribution is 2.35. The van der Waals surface area contributed by atoms with E-state index in [2.05, 4.69) is 0 Å². The fourth-order valence-corrected chi connectivity index (χ4v) is 6.08. The van der Waals surface area contributed by atoms with Crippen molar-refractivity contribution in [3.05, 3.63) is 125 Å². The van der Waals surface area contributed by atoms with Gasteiger partial charge < -0.3 is 4.74 Å². The van der Waals surface area contributed by atoms with Crippen molar-refractivity contribution in [2.45, 2.75) is 17.9 Å². The molecule has 9 heteroatoms. The van der Waals surface area contributed by atoms with Crippen molar-refractivity contribution < 1.29 is 9.53 Å². The highest BCUT2D eigenvalue weighted by atomic mass is 35.5. The number of ether oxygens (including phenoxy) is 1. The molecule has 5 nitrogen and oxygen atoms in total. The smallest absolute Gasteiger partial charge is 0.338 e. The summed E-state index contributed by atoms with van der Waals surface area (Å²) in [5, 5.41) is 0.761. The predicted octanol–water partition coefficient (Wildman–Crippen LogP) is 5.96. The summed E-state index contributed by atoms with van der Waals surface area (Å²) >= 11 is 15.5. The Morgan fingerprint density at radius 1 is 1.08 bits per heavy atom. The second kappa shape index (κ2) is 11.3. The molecule has 0 saturated heterocycles. The third-order valence-corrected chi connectivity index (χ3v) is 8.63. The second-order valence-corrected chi connectivity index (χ2v) is 11.0. The Kier molecular flexibility index (Phi) is 7.91. The molecule has 0 saturated carbocycles. The van der Waals surface area contributed by atoms with Crippen LogP contribution < -0.4 is 14.9 Å². The van der Waals surface area contributed by atoms with Crippen LogP contribution in [-0.2, 0) is 9.53 Å². The summed E-state index contributed by atoms with van der Waals surface area (Å²) in [4.78, 5) is 33.8. The average Bonchev–Trinajstić information content (AvgIpc) is 3.25. The number of carbonyl (C=O) groups excluding carboxylic acids is 1. The lowest BCUT2D eigenvalue weighted by molar-refractivity contribution is -0.138. The van der Waals surface area contributed by atoms with Crippen LogP contribution in [0.25, 0.3) is 11.8 Å². The molecule has 3 aromatic carbocycles. The van der Waals surface area contributed by atoms with Crippen LogP contribution in [0.3, 0.4) is 0 Å². The minimum absolute atomic E-state index is 0.195. The summed E-state index contributed by atoms with van der Waals surface area (Å²) in [5.74, 6) is -0.513. The van der Waals surface area contributed by atoms with Crippen LogP contribution in [0.2, 0.25) is 10.0 Å². The number of nitrogens with zero attached hydrogens (tertiary/aromatic N) is 2. The summed E-state index contributed by atoms with van der Waals surface area (Å²) in [5.41, 5.74) is 2.68. The zero-order valence-corrected chi connectivity index (χ0v) is 23.6. The number of thiazole rings is 1. The Balaban J connectivity index is 1.83. The van der Waals surface area contributed by atoms with Gasteiger partial charge in [0.2, 0.25) is 0 Å². The first kappa shape index (κ1) is 26.5. The predicted molar refractivity (Wildman–Crippen MR) is 156 cm³/mol. The van der Waals surface area contributed by atoms with Crippen LogP contribution >= 0.6 is 46.3 Å². The zero-order valence-electron chi connectivity index (χ0n) is 20.5. The van der Waals surface area contributed by atoms with Gasteiger partial charge in [-0.05, 0) is 48.6 Å². The van der Waals surface area contributed by atoms with E-state index >= 15 is 0 Å². The van der Waals surface area contributed by atoms with E-state index in [-0.39, 0.29) is 12.2 Å². The van der Waals surface area contributed by atoms with Crippen molar-refractivity contribution in [3.8, 4) is 0 Å². The molecule has 0 radical (unpaired) electrons. The number of fused-ring (bicyclic) bond motifs is 1. The number of thioether (sulfide) groups is 1. The molecule has 0 N–H and O–H groups in total. The number of rotatable bonds is 6. The second-order valence-electron chi connectivity index (χ2n) is 8.35. The Hall–Kier alpha value is -3.10. The van der Waals surface area contributed by atoms with Gasteiger partial charge >= 0.3 is 5.97 Å². The zero-order chi connectivity index (χ0) is 26.8. The van der Waals surface area contributed by atoms with Gasteiger partial charge in [0.15, 0.2) is 4.80 Å². The molecule has 0 fully saturated rings. The maximum atomic E-state index is 13.9. The van der Waals surface area contributed by atoms with E-state index in [1.54, 1.807) is 47.5 Å². The SMILES string of the molecule is CCOC(=O)C1=C(c2ccccc2)N=c2s/c(=C\c3cccc(Cl)c3Cl)c(=O)n2[C@H]1c1ccc(SC)cc1. The molecule has 0 spiro atoms. The lowest BCUT2D eigenvalue weighted by atomic mass is 9.93. The van der Waals surface area contributed by atoms with Crippen molar-refractivity contribution >= 4 is 64.0 Å². The lowest BCUT2D eigenvalue weighted by Gasteiger charge is -2.26. The summed E-state index contributed by atoms with van der Waals surface area (Å²) in [7, 11) is 0. The van der Waals surface area contributed by atoms with Gasteiger partial charge in [0.1, 0.15) is 0 Å². The number of carbonyl (C=O) groups is 1. The van der Waals surface area contributed by atoms with Crippen molar-refractivity contribution in [1.29, 1.82) is 0 Å². The van der Waals surface area contributed by atoms with Crippen molar-refractivity contribution in [2.24, 2.45) is 4.99 Å². The molecular formula is C29H22Cl2N2O3S2. The van der Waals surface area contributed by atoms with Gasteiger partial charge in [-0.1, -0.05) is 89.1 Å². The molecule has 0 amide bonds. The molecule has 5 rings (SSSR count). The lowest BCUT2D eigenvalue weighted by Crippen LogP contribution is -2.40. The number of esters is 1. The normalized spacial score (nSPS) is 15.3. The highest BCUT2D eigenvalue weighted by molar-refractivity contribution is 7.98. The number of benzene rings is 3. The third kappa shape index (κ3) is 4.99. The van der Waals surface area contributed by atoms with Crippen LogP contribution in [0, 0.1) is 0 Å². The fourth-order valence-electron chi connectivity index (χ4n) is 4.32. The largest absolute Gasteiger partial charge is 0.463 e. The molecule has 192 valence electrons. The Labute approximate surface area is 237 Å². The number of hydrogen-bond acceptors (Lipinski definition) is 6. The van der Waals surface area contributed by atoms with E-state index < -0.39 is 12.0 Å². The van der Waals surface area contributed by atoms with Gasteiger partial charge in [0, 0.05) is 10.5 Å². The summed E-state index contributed by atoms with van der Waals surface area (Å²) in [6, 6.07) is 21.8. The minimum Gasteiger partial charge on any atom is -0.463 e. The van der Waals surface area contributed by atoms with E-state index in [9.17, 15) is 9.59 Å². The maximum Gasteiger partial charge on any atom is 0.338 e. The molecular weight excluding hydrogens is 559 g/mol. The van der Waals surface area contributed by atoms with E-state index in [1.807, 2.05) is 60.9 Å².